The maximum Gasteiger partial charge on any atom is 0.414 e. The number of carbonyl (C=O) groups excluding carboxylic acids is 2. The molecule has 1 aliphatic heterocycles. The Hall–Kier alpha value is -1.69. The molecular formula is C16H21NO4S. The third kappa shape index (κ3) is 4.40. The number of ether oxygens (including phenoxy) is 2. The number of amides is 1. The van der Waals surface area contributed by atoms with Gasteiger partial charge in [-0.2, -0.15) is 0 Å². The van der Waals surface area contributed by atoms with Crippen molar-refractivity contribution in [2.24, 2.45) is 5.41 Å². The van der Waals surface area contributed by atoms with Crippen molar-refractivity contribution < 1.29 is 19.1 Å². The maximum atomic E-state index is 12.1. The number of benzene rings is 1. The molecule has 1 heterocycles. The highest BCUT2D eigenvalue weighted by Crippen LogP contribution is 2.30. The number of hydrogen-bond donors (Lipinski definition) is 0. The van der Waals surface area contributed by atoms with Gasteiger partial charge < -0.3 is 9.47 Å². The van der Waals surface area contributed by atoms with Gasteiger partial charge in [0.2, 0.25) is 0 Å². The van der Waals surface area contributed by atoms with Gasteiger partial charge in [-0.25, -0.2) is 4.79 Å². The molecule has 1 amide bonds. The fourth-order valence-corrected chi connectivity index (χ4v) is 2.86. The molecule has 0 saturated carbocycles. The fourth-order valence-electron chi connectivity index (χ4n) is 2.16. The van der Waals surface area contributed by atoms with Gasteiger partial charge >= 0.3 is 12.1 Å². The van der Waals surface area contributed by atoms with Gasteiger partial charge in [-0.05, 0) is 5.56 Å². The van der Waals surface area contributed by atoms with Crippen molar-refractivity contribution in [3.63, 3.8) is 0 Å². The van der Waals surface area contributed by atoms with E-state index in [1.54, 1.807) is 0 Å². The van der Waals surface area contributed by atoms with Crippen molar-refractivity contribution >= 4 is 23.8 Å². The summed E-state index contributed by atoms with van der Waals surface area (Å²) < 4.78 is 10.5. The van der Waals surface area contributed by atoms with Crippen molar-refractivity contribution in [3.05, 3.63) is 35.9 Å². The Kier molecular flexibility index (Phi) is 5.34. The molecule has 120 valence electrons. The predicted molar refractivity (Wildman–Crippen MR) is 85.1 cm³/mol. The predicted octanol–water partition coefficient (Wildman–Crippen LogP) is 3.24. The first-order valence-corrected chi connectivity index (χ1v) is 8.28. The van der Waals surface area contributed by atoms with Crippen LogP contribution in [0.1, 0.15) is 26.3 Å². The van der Waals surface area contributed by atoms with Gasteiger partial charge in [0, 0.05) is 11.2 Å². The van der Waals surface area contributed by atoms with Crippen molar-refractivity contribution in [1.29, 1.82) is 0 Å². The third-order valence-corrected chi connectivity index (χ3v) is 4.00. The standard InChI is InChI=1S/C16H21NO4S/c1-16(2,3)14-17(9-13(18)21-14)15(19)20-11-22-10-12-7-5-4-6-8-12/h4-8,14H,9-11H2,1-3H3. The highest BCUT2D eigenvalue weighted by molar-refractivity contribution is 7.98. The summed E-state index contributed by atoms with van der Waals surface area (Å²) in [6, 6.07) is 9.96. The van der Waals surface area contributed by atoms with Crippen LogP contribution in [-0.4, -0.2) is 35.7 Å². The van der Waals surface area contributed by atoms with E-state index in [1.807, 2.05) is 51.1 Å². The van der Waals surface area contributed by atoms with Gasteiger partial charge in [-0.3, -0.25) is 9.69 Å². The van der Waals surface area contributed by atoms with E-state index in [9.17, 15) is 9.59 Å². The highest BCUT2D eigenvalue weighted by atomic mass is 32.2. The zero-order valence-corrected chi connectivity index (χ0v) is 13.9. The Morgan fingerprint density at radius 2 is 2.05 bits per heavy atom. The third-order valence-electron chi connectivity index (χ3n) is 3.18. The molecule has 1 aromatic rings. The highest BCUT2D eigenvalue weighted by Gasteiger charge is 2.43. The van der Waals surface area contributed by atoms with E-state index in [1.165, 1.54) is 22.2 Å². The molecule has 0 bridgehead atoms. The first-order valence-electron chi connectivity index (χ1n) is 7.12. The van der Waals surface area contributed by atoms with Crippen LogP contribution in [0, 0.1) is 5.41 Å². The van der Waals surface area contributed by atoms with Crippen LogP contribution in [0.15, 0.2) is 30.3 Å². The van der Waals surface area contributed by atoms with Crippen molar-refractivity contribution in [2.45, 2.75) is 32.8 Å². The largest absolute Gasteiger partial charge is 0.439 e. The molecule has 0 N–H and O–H groups in total. The molecule has 1 aliphatic rings. The lowest BCUT2D eigenvalue weighted by Crippen LogP contribution is -2.44. The van der Waals surface area contributed by atoms with Crippen molar-refractivity contribution in [3.8, 4) is 0 Å². The summed E-state index contributed by atoms with van der Waals surface area (Å²) in [5.41, 5.74) is 0.832. The van der Waals surface area contributed by atoms with Crippen LogP contribution in [-0.2, 0) is 20.0 Å². The maximum absolute atomic E-state index is 12.1. The van der Waals surface area contributed by atoms with Crippen LogP contribution in [0.25, 0.3) is 0 Å². The van der Waals surface area contributed by atoms with E-state index in [2.05, 4.69) is 0 Å². The number of rotatable bonds is 4. The Morgan fingerprint density at radius 1 is 1.36 bits per heavy atom. The van der Waals surface area contributed by atoms with E-state index >= 15 is 0 Å². The molecule has 1 fully saturated rings. The van der Waals surface area contributed by atoms with Gasteiger partial charge in [0.15, 0.2) is 6.23 Å². The molecule has 0 radical (unpaired) electrons. The molecule has 6 heteroatoms. The average Bonchev–Trinajstić information content (AvgIpc) is 2.87. The molecule has 1 atom stereocenters. The van der Waals surface area contributed by atoms with E-state index < -0.39 is 18.3 Å². The second-order valence-corrected chi connectivity index (χ2v) is 7.13. The van der Waals surface area contributed by atoms with E-state index in [-0.39, 0.29) is 17.9 Å². The van der Waals surface area contributed by atoms with Crippen molar-refractivity contribution in [2.75, 3.05) is 12.5 Å². The van der Waals surface area contributed by atoms with Gasteiger partial charge in [-0.15, -0.1) is 11.8 Å². The van der Waals surface area contributed by atoms with Crippen LogP contribution in [0.5, 0.6) is 0 Å². The lowest BCUT2D eigenvalue weighted by atomic mass is 9.94. The summed E-state index contributed by atoms with van der Waals surface area (Å²) >= 11 is 1.51. The first kappa shape index (κ1) is 16.7. The summed E-state index contributed by atoms with van der Waals surface area (Å²) in [7, 11) is 0. The van der Waals surface area contributed by atoms with Gasteiger partial charge in [0.05, 0.1) is 0 Å². The minimum absolute atomic E-state index is 0.0515. The average molecular weight is 323 g/mol. The molecule has 0 aromatic heterocycles. The lowest BCUT2D eigenvalue weighted by Gasteiger charge is -2.31. The summed E-state index contributed by atoms with van der Waals surface area (Å²) in [5, 5.41) is 0. The van der Waals surface area contributed by atoms with Crippen LogP contribution in [0.2, 0.25) is 0 Å². The molecule has 1 aromatic carbocycles. The zero-order valence-electron chi connectivity index (χ0n) is 13.1. The number of carbonyl (C=O) groups is 2. The Morgan fingerprint density at radius 3 is 2.68 bits per heavy atom. The van der Waals surface area contributed by atoms with E-state index in [0.29, 0.717) is 0 Å². The molecular weight excluding hydrogens is 302 g/mol. The van der Waals surface area contributed by atoms with Gasteiger partial charge in [-0.1, -0.05) is 51.1 Å². The van der Waals surface area contributed by atoms with Crippen molar-refractivity contribution in [1.82, 2.24) is 4.90 Å². The topological polar surface area (TPSA) is 55.8 Å². The van der Waals surface area contributed by atoms with Gasteiger partial charge in [0.25, 0.3) is 0 Å². The normalized spacial score (nSPS) is 18.2. The summed E-state index contributed by atoms with van der Waals surface area (Å²) in [5.74, 6) is 0.621. The van der Waals surface area contributed by atoms with Crippen LogP contribution in [0.4, 0.5) is 4.79 Å². The minimum Gasteiger partial charge on any atom is -0.439 e. The molecule has 1 unspecified atom stereocenters. The SMILES string of the molecule is CC(C)(C)C1OC(=O)CN1C(=O)OCSCc1ccccc1. The molecule has 1 saturated heterocycles. The Balaban J connectivity index is 1.80. The zero-order chi connectivity index (χ0) is 16.2. The Bertz CT molecular complexity index is 527. The lowest BCUT2D eigenvalue weighted by molar-refractivity contribution is -0.146. The number of nitrogens with zero attached hydrogens (tertiary/aromatic N) is 1. The molecule has 22 heavy (non-hydrogen) atoms. The summed E-state index contributed by atoms with van der Waals surface area (Å²) in [6.45, 7) is 5.70. The van der Waals surface area contributed by atoms with Gasteiger partial charge in [0.1, 0.15) is 12.5 Å². The monoisotopic (exact) mass is 323 g/mol. The first-order chi connectivity index (χ1) is 10.4. The minimum atomic E-state index is -0.577. The molecule has 0 spiro atoms. The molecule has 5 nitrogen and oxygen atoms in total. The molecule has 2 rings (SSSR count). The fraction of sp³-hybridized carbons (Fsp3) is 0.500. The van der Waals surface area contributed by atoms with Crippen LogP contribution in [0.3, 0.4) is 0 Å². The Labute approximate surface area is 135 Å². The summed E-state index contributed by atoms with van der Waals surface area (Å²) in [4.78, 5) is 24.9. The number of hydrogen-bond acceptors (Lipinski definition) is 5. The number of cyclic esters (lactones) is 1. The smallest absolute Gasteiger partial charge is 0.414 e. The van der Waals surface area contributed by atoms with E-state index in [0.717, 1.165) is 5.75 Å². The second-order valence-electron chi connectivity index (χ2n) is 6.20. The number of esters is 1. The van der Waals surface area contributed by atoms with Crippen LogP contribution >= 0.6 is 11.8 Å². The summed E-state index contributed by atoms with van der Waals surface area (Å²) in [6.07, 6.45) is -1.09. The second kappa shape index (κ2) is 7.05. The molecule has 0 aliphatic carbocycles. The van der Waals surface area contributed by atoms with Crippen LogP contribution < -0.4 is 0 Å². The quantitative estimate of drug-likeness (QED) is 0.484. The van der Waals surface area contributed by atoms with E-state index in [4.69, 9.17) is 9.47 Å². The number of thioether (sulfide) groups is 1.